The first kappa shape index (κ1) is 12.8. The van der Waals surface area contributed by atoms with Gasteiger partial charge in [-0.15, -0.1) is 0 Å². The summed E-state index contributed by atoms with van der Waals surface area (Å²) in [6, 6.07) is 0. The number of hydrogen-bond donors (Lipinski definition) is 2. The summed E-state index contributed by atoms with van der Waals surface area (Å²) in [5, 5.41) is 19.1. The number of rotatable bonds is 4. The molecule has 0 spiro atoms. The first-order valence-corrected chi connectivity index (χ1v) is 5.51. The standard InChI is InChI=1S/C11H13N5O3/c1-7-9(4-12-15(7)2)14-11(19)8-3-13-16(5-8)6-10(17)18/h3-5H,6H2,1-2H3,(H,14,19)(H,17,18). The first-order chi connectivity index (χ1) is 8.97. The Labute approximate surface area is 108 Å². The molecule has 0 fully saturated rings. The number of aromatic nitrogens is 4. The van der Waals surface area contributed by atoms with E-state index in [0.717, 1.165) is 5.69 Å². The van der Waals surface area contributed by atoms with Gasteiger partial charge >= 0.3 is 5.97 Å². The highest BCUT2D eigenvalue weighted by Gasteiger charge is 2.12. The molecular formula is C11H13N5O3. The topological polar surface area (TPSA) is 102 Å². The molecule has 0 aromatic carbocycles. The van der Waals surface area contributed by atoms with E-state index in [9.17, 15) is 9.59 Å². The van der Waals surface area contributed by atoms with E-state index in [1.165, 1.54) is 17.1 Å². The van der Waals surface area contributed by atoms with Crippen molar-refractivity contribution in [1.82, 2.24) is 19.6 Å². The maximum absolute atomic E-state index is 11.9. The van der Waals surface area contributed by atoms with Gasteiger partial charge < -0.3 is 10.4 Å². The van der Waals surface area contributed by atoms with Crippen LogP contribution >= 0.6 is 0 Å². The van der Waals surface area contributed by atoms with Gasteiger partial charge in [-0.3, -0.25) is 19.0 Å². The summed E-state index contributed by atoms with van der Waals surface area (Å²) in [6.45, 7) is 1.55. The van der Waals surface area contributed by atoms with Crippen LogP contribution in [0.25, 0.3) is 0 Å². The quantitative estimate of drug-likeness (QED) is 0.823. The molecule has 0 bridgehead atoms. The number of carbonyl (C=O) groups excluding carboxylic acids is 1. The molecule has 2 aromatic heterocycles. The largest absolute Gasteiger partial charge is 0.480 e. The van der Waals surface area contributed by atoms with Gasteiger partial charge in [0.15, 0.2) is 0 Å². The minimum atomic E-state index is -1.02. The second kappa shape index (κ2) is 4.92. The molecule has 0 saturated carbocycles. The molecule has 0 unspecified atom stereocenters. The average Bonchev–Trinajstić information content (AvgIpc) is 2.90. The Morgan fingerprint density at radius 3 is 2.68 bits per heavy atom. The van der Waals surface area contributed by atoms with Crippen LogP contribution in [0.4, 0.5) is 5.69 Å². The summed E-state index contributed by atoms with van der Waals surface area (Å²) < 4.78 is 2.83. The predicted molar refractivity (Wildman–Crippen MR) is 65.8 cm³/mol. The summed E-state index contributed by atoms with van der Waals surface area (Å²) in [4.78, 5) is 22.4. The molecule has 19 heavy (non-hydrogen) atoms. The van der Waals surface area contributed by atoms with E-state index in [2.05, 4.69) is 15.5 Å². The van der Waals surface area contributed by atoms with E-state index in [1.807, 2.05) is 6.92 Å². The number of aliphatic carboxylic acids is 1. The van der Waals surface area contributed by atoms with E-state index >= 15 is 0 Å². The fourth-order valence-electron chi connectivity index (χ4n) is 1.52. The Hall–Kier alpha value is -2.64. The van der Waals surface area contributed by atoms with Gasteiger partial charge in [0.2, 0.25) is 0 Å². The minimum Gasteiger partial charge on any atom is -0.480 e. The zero-order valence-electron chi connectivity index (χ0n) is 10.5. The Morgan fingerprint density at radius 2 is 2.11 bits per heavy atom. The molecule has 8 nitrogen and oxygen atoms in total. The van der Waals surface area contributed by atoms with Crippen molar-refractivity contribution in [3.8, 4) is 0 Å². The van der Waals surface area contributed by atoms with Crippen LogP contribution in [-0.2, 0) is 18.4 Å². The molecule has 0 radical (unpaired) electrons. The zero-order valence-corrected chi connectivity index (χ0v) is 10.5. The highest BCUT2D eigenvalue weighted by atomic mass is 16.4. The average molecular weight is 263 g/mol. The van der Waals surface area contributed by atoms with E-state index < -0.39 is 5.97 Å². The minimum absolute atomic E-state index is 0.279. The van der Waals surface area contributed by atoms with Crippen LogP contribution in [0.5, 0.6) is 0 Å². The van der Waals surface area contributed by atoms with Crippen LogP contribution in [-0.4, -0.2) is 36.5 Å². The molecule has 0 atom stereocenters. The SMILES string of the molecule is Cc1c(NC(=O)c2cnn(CC(=O)O)c2)cnn1C. The monoisotopic (exact) mass is 263 g/mol. The predicted octanol–water partition coefficient (Wildman–Crippen LogP) is 0.262. The first-order valence-electron chi connectivity index (χ1n) is 5.51. The van der Waals surface area contributed by atoms with Crippen molar-refractivity contribution in [3.63, 3.8) is 0 Å². The van der Waals surface area contributed by atoms with E-state index in [1.54, 1.807) is 17.9 Å². The molecule has 2 aromatic rings. The fourth-order valence-corrected chi connectivity index (χ4v) is 1.52. The van der Waals surface area contributed by atoms with Crippen LogP contribution < -0.4 is 5.32 Å². The highest BCUT2D eigenvalue weighted by Crippen LogP contribution is 2.13. The Balaban J connectivity index is 2.10. The zero-order chi connectivity index (χ0) is 14.0. The lowest BCUT2D eigenvalue weighted by Crippen LogP contribution is -2.12. The Bertz CT molecular complexity index is 628. The van der Waals surface area contributed by atoms with Crippen molar-refractivity contribution >= 4 is 17.6 Å². The lowest BCUT2D eigenvalue weighted by atomic mass is 10.3. The smallest absolute Gasteiger partial charge is 0.325 e. The number of amides is 1. The molecule has 0 aliphatic rings. The second-order valence-corrected chi connectivity index (χ2v) is 4.04. The number of nitrogens with one attached hydrogen (secondary N) is 1. The number of hydrogen-bond acceptors (Lipinski definition) is 4. The van der Waals surface area contributed by atoms with E-state index in [0.29, 0.717) is 11.3 Å². The summed E-state index contributed by atoms with van der Waals surface area (Å²) in [6.07, 6.45) is 4.26. The van der Waals surface area contributed by atoms with E-state index in [4.69, 9.17) is 5.11 Å². The van der Waals surface area contributed by atoms with Crippen molar-refractivity contribution < 1.29 is 14.7 Å². The third-order valence-corrected chi connectivity index (χ3v) is 2.68. The van der Waals surface area contributed by atoms with Crippen molar-refractivity contribution in [2.75, 3.05) is 5.32 Å². The fraction of sp³-hybridized carbons (Fsp3) is 0.273. The molecule has 100 valence electrons. The number of anilines is 1. The lowest BCUT2D eigenvalue weighted by molar-refractivity contribution is -0.137. The molecular weight excluding hydrogens is 250 g/mol. The molecule has 2 heterocycles. The Morgan fingerprint density at radius 1 is 1.37 bits per heavy atom. The molecule has 0 saturated heterocycles. The summed E-state index contributed by atoms with van der Waals surface area (Å²) in [5.74, 6) is -1.37. The van der Waals surface area contributed by atoms with Crippen LogP contribution in [0.15, 0.2) is 18.6 Å². The number of carboxylic acid groups (broad SMARTS) is 1. The third kappa shape index (κ3) is 2.79. The van der Waals surface area contributed by atoms with Gasteiger partial charge in [0.05, 0.1) is 29.3 Å². The third-order valence-electron chi connectivity index (χ3n) is 2.68. The number of carboxylic acids is 1. The van der Waals surface area contributed by atoms with Gasteiger partial charge in [0, 0.05) is 13.2 Å². The summed E-state index contributed by atoms with van der Waals surface area (Å²) in [5.41, 5.74) is 1.73. The molecule has 2 N–H and O–H groups in total. The van der Waals surface area contributed by atoms with Crippen molar-refractivity contribution in [2.24, 2.45) is 7.05 Å². The maximum atomic E-state index is 11.9. The molecule has 2 rings (SSSR count). The Kier molecular flexibility index (Phi) is 3.32. The number of carbonyl (C=O) groups is 2. The van der Waals surface area contributed by atoms with Crippen LogP contribution in [0, 0.1) is 6.92 Å². The van der Waals surface area contributed by atoms with Crippen LogP contribution in [0.1, 0.15) is 16.1 Å². The van der Waals surface area contributed by atoms with Crippen molar-refractivity contribution in [2.45, 2.75) is 13.5 Å². The van der Waals surface area contributed by atoms with Crippen LogP contribution in [0.3, 0.4) is 0 Å². The normalized spacial score (nSPS) is 10.4. The molecule has 8 heteroatoms. The van der Waals surface area contributed by atoms with Crippen molar-refractivity contribution in [3.05, 3.63) is 29.8 Å². The second-order valence-electron chi connectivity index (χ2n) is 4.04. The molecule has 0 aliphatic carbocycles. The summed E-state index contributed by atoms with van der Waals surface area (Å²) >= 11 is 0. The number of aryl methyl sites for hydroxylation is 1. The van der Waals surface area contributed by atoms with E-state index in [-0.39, 0.29) is 12.5 Å². The molecule has 0 aliphatic heterocycles. The van der Waals surface area contributed by atoms with Gasteiger partial charge in [-0.2, -0.15) is 10.2 Å². The van der Waals surface area contributed by atoms with Gasteiger partial charge in [-0.05, 0) is 6.92 Å². The van der Waals surface area contributed by atoms with Gasteiger partial charge in [-0.1, -0.05) is 0 Å². The summed E-state index contributed by atoms with van der Waals surface area (Å²) in [7, 11) is 1.77. The van der Waals surface area contributed by atoms with Crippen molar-refractivity contribution in [1.29, 1.82) is 0 Å². The van der Waals surface area contributed by atoms with Gasteiger partial charge in [0.1, 0.15) is 6.54 Å². The van der Waals surface area contributed by atoms with Crippen LogP contribution in [0.2, 0.25) is 0 Å². The molecule has 1 amide bonds. The number of nitrogens with zero attached hydrogens (tertiary/aromatic N) is 4. The van der Waals surface area contributed by atoms with Gasteiger partial charge in [0.25, 0.3) is 5.91 Å². The highest BCUT2D eigenvalue weighted by molar-refractivity contribution is 6.04. The van der Waals surface area contributed by atoms with Gasteiger partial charge in [-0.25, -0.2) is 0 Å². The lowest BCUT2D eigenvalue weighted by Gasteiger charge is -2.02. The maximum Gasteiger partial charge on any atom is 0.325 e.